The zero-order chi connectivity index (χ0) is 10.6. The van der Waals surface area contributed by atoms with Gasteiger partial charge in [0, 0.05) is 18.3 Å². The van der Waals surface area contributed by atoms with Gasteiger partial charge in [-0.25, -0.2) is 4.39 Å². The van der Waals surface area contributed by atoms with Gasteiger partial charge in [-0.15, -0.1) is 0 Å². The molecule has 3 nitrogen and oxygen atoms in total. The van der Waals surface area contributed by atoms with Gasteiger partial charge in [-0.2, -0.15) is 0 Å². The Morgan fingerprint density at radius 3 is 2.86 bits per heavy atom. The van der Waals surface area contributed by atoms with Crippen molar-refractivity contribution in [1.29, 1.82) is 0 Å². The molecule has 78 valence electrons. The summed E-state index contributed by atoms with van der Waals surface area (Å²) < 4.78 is 17.8. The minimum absolute atomic E-state index is 0.195. The molecule has 0 radical (unpaired) electrons. The standard InChI is InChI=1S/C10H14FNO2/c1-7(13)6-12-8-3-4-9(11)10(5-8)14-2/h3-5,7,12-13H,6H2,1-2H3/t7-/m0/s1. The lowest BCUT2D eigenvalue weighted by Crippen LogP contribution is -2.15. The molecule has 0 amide bonds. The lowest BCUT2D eigenvalue weighted by atomic mass is 10.2. The molecule has 0 aromatic heterocycles. The third-order valence-corrected chi connectivity index (χ3v) is 1.75. The van der Waals surface area contributed by atoms with Crippen LogP contribution in [0.3, 0.4) is 0 Å². The van der Waals surface area contributed by atoms with Gasteiger partial charge in [0.05, 0.1) is 13.2 Å². The number of nitrogens with one attached hydrogen (secondary N) is 1. The van der Waals surface area contributed by atoms with E-state index < -0.39 is 11.9 Å². The number of ether oxygens (including phenoxy) is 1. The minimum atomic E-state index is -0.439. The quantitative estimate of drug-likeness (QED) is 0.774. The number of methoxy groups -OCH3 is 1. The predicted molar refractivity (Wildman–Crippen MR) is 53.1 cm³/mol. The largest absolute Gasteiger partial charge is 0.494 e. The smallest absolute Gasteiger partial charge is 0.165 e. The number of rotatable bonds is 4. The predicted octanol–water partition coefficient (Wildman–Crippen LogP) is 1.63. The fraction of sp³-hybridized carbons (Fsp3) is 0.400. The Labute approximate surface area is 82.5 Å². The molecule has 4 heteroatoms. The van der Waals surface area contributed by atoms with Gasteiger partial charge < -0.3 is 15.2 Å². The summed E-state index contributed by atoms with van der Waals surface area (Å²) >= 11 is 0. The van der Waals surface area contributed by atoms with Gasteiger partial charge in [0.2, 0.25) is 0 Å². The van der Waals surface area contributed by atoms with Crippen molar-refractivity contribution in [2.75, 3.05) is 19.0 Å². The molecule has 0 bridgehead atoms. The second-order valence-corrected chi connectivity index (χ2v) is 3.08. The Morgan fingerprint density at radius 2 is 2.29 bits per heavy atom. The van der Waals surface area contributed by atoms with E-state index in [2.05, 4.69) is 5.32 Å². The topological polar surface area (TPSA) is 41.5 Å². The molecule has 14 heavy (non-hydrogen) atoms. The third-order valence-electron chi connectivity index (χ3n) is 1.75. The van der Waals surface area contributed by atoms with Crippen LogP contribution in [0.15, 0.2) is 18.2 Å². The van der Waals surface area contributed by atoms with Gasteiger partial charge in [0.15, 0.2) is 11.6 Å². The van der Waals surface area contributed by atoms with Crippen LogP contribution in [0.4, 0.5) is 10.1 Å². The van der Waals surface area contributed by atoms with Crippen molar-refractivity contribution in [2.45, 2.75) is 13.0 Å². The number of hydrogen-bond acceptors (Lipinski definition) is 3. The molecule has 1 aromatic carbocycles. The van der Waals surface area contributed by atoms with E-state index in [4.69, 9.17) is 9.84 Å². The number of halogens is 1. The van der Waals surface area contributed by atoms with Gasteiger partial charge in [0.1, 0.15) is 0 Å². The highest BCUT2D eigenvalue weighted by molar-refractivity contribution is 5.48. The zero-order valence-corrected chi connectivity index (χ0v) is 8.25. The van der Waals surface area contributed by atoms with Crippen LogP contribution in [-0.4, -0.2) is 24.9 Å². The summed E-state index contributed by atoms with van der Waals surface area (Å²) in [4.78, 5) is 0. The van der Waals surface area contributed by atoms with Crippen molar-refractivity contribution >= 4 is 5.69 Å². The van der Waals surface area contributed by atoms with Crippen molar-refractivity contribution in [1.82, 2.24) is 0 Å². The van der Waals surface area contributed by atoms with Crippen LogP contribution < -0.4 is 10.1 Å². The first-order chi connectivity index (χ1) is 6.63. The van der Waals surface area contributed by atoms with Crippen LogP contribution >= 0.6 is 0 Å². The van der Waals surface area contributed by atoms with Crippen LogP contribution in [0.5, 0.6) is 5.75 Å². The lowest BCUT2D eigenvalue weighted by molar-refractivity contribution is 0.208. The maximum atomic E-state index is 13.0. The van der Waals surface area contributed by atoms with E-state index in [1.165, 1.54) is 13.2 Å². The van der Waals surface area contributed by atoms with Crippen molar-refractivity contribution in [2.24, 2.45) is 0 Å². The summed E-state index contributed by atoms with van der Waals surface area (Å²) in [5.41, 5.74) is 0.726. The van der Waals surface area contributed by atoms with Gasteiger partial charge in [-0.05, 0) is 19.1 Å². The lowest BCUT2D eigenvalue weighted by Gasteiger charge is -2.09. The first-order valence-corrected chi connectivity index (χ1v) is 4.39. The molecule has 0 aliphatic carbocycles. The molecule has 0 aliphatic heterocycles. The van der Waals surface area contributed by atoms with Crippen molar-refractivity contribution in [3.05, 3.63) is 24.0 Å². The highest BCUT2D eigenvalue weighted by atomic mass is 19.1. The van der Waals surface area contributed by atoms with Crippen LogP contribution in [0.25, 0.3) is 0 Å². The van der Waals surface area contributed by atoms with E-state index >= 15 is 0 Å². The molecule has 1 rings (SSSR count). The molecule has 0 saturated heterocycles. The second kappa shape index (κ2) is 4.81. The Bertz CT molecular complexity index is 302. The van der Waals surface area contributed by atoms with E-state index in [0.29, 0.717) is 6.54 Å². The maximum absolute atomic E-state index is 13.0. The summed E-state index contributed by atoms with van der Waals surface area (Å²) in [7, 11) is 1.41. The van der Waals surface area contributed by atoms with Crippen molar-refractivity contribution in [3.63, 3.8) is 0 Å². The Hall–Kier alpha value is -1.29. The van der Waals surface area contributed by atoms with Crippen molar-refractivity contribution in [3.8, 4) is 5.75 Å². The number of anilines is 1. The number of aliphatic hydroxyl groups is 1. The molecule has 1 aromatic rings. The van der Waals surface area contributed by atoms with E-state index in [1.807, 2.05) is 0 Å². The van der Waals surface area contributed by atoms with Gasteiger partial charge in [-0.1, -0.05) is 0 Å². The Balaban J connectivity index is 2.69. The first-order valence-electron chi connectivity index (χ1n) is 4.39. The number of hydrogen-bond donors (Lipinski definition) is 2. The number of aliphatic hydroxyl groups excluding tert-OH is 1. The van der Waals surface area contributed by atoms with E-state index in [0.717, 1.165) is 5.69 Å². The van der Waals surface area contributed by atoms with E-state index in [1.54, 1.807) is 19.1 Å². The average Bonchev–Trinajstić information content (AvgIpc) is 2.16. The molecule has 0 spiro atoms. The molecule has 0 heterocycles. The summed E-state index contributed by atoms with van der Waals surface area (Å²) in [5, 5.41) is 12.0. The summed E-state index contributed by atoms with van der Waals surface area (Å²) in [5.74, 6) is -0.198. The summed E-state index contributed by atoms with van der Waals surface area (Å²) in [6.07, 6.45) is -0.439. The SMILES string of the molecule is COc1cc(NC[C@H](C)O)ccc1F. The van der Waals surface area contributed by atoms with E-state index in [-0.39, 0.29) is 5.75 Å². The van der Waals surface area contributed by atoms with Crippen LogP contribution in [0.2, 0.25) is 0 Å². The fourth-order valence-electron chi connectivity index (χ4n) is 1.04. The van der Waals surface area contributed by atoms with Gasteiger partial charge in [-0.3, -0.25) is 0 Å². The monoisotopic (exact) mass is 199 g/mol. The molecule has 2 N–H and O–H groups in total. The van der Waals surface area contributed by atoms with Gasteiger partial charge >= 0.3 is 0 Å². The Kier molecular flexibility index (Phi) is 3.71. The first kappa shape index (κ1) is 10.8. The zero-order valence-electron chi connectivity index (χ0n) is 8.25. The summed E-state index contributed by atoms with van der Waals surface area (Å²) in [6, 6.07) is 4.47. The molecule has 0 fully saturated rings. The highest BCUT2D eigenvalue weighted by Crippen LogP contribution is 2.21. The van der Waals surface area contributed by atoms with E-state index in [9.17, 15) is 4.39 Å². The molecule has 0 aliphatic rings. The molecule has 1 atom stereocenters. The average molecular weight is 199 g/mol. The third kappa shape index (κ3) is 2.88. The maximum Gasteiger partial charge on any atom is 0.165 e. The summed E-state index contributed by atoms with van der Waals surface area (Å²) in [6.45, 7) is 2.10. The Morgan fingerprint density at radius 1 is 1.57 bits per heavy atom. The second-order valence-electron chi connectivity index (χ2n) is 3.08. The molecule has 0 unspecified atom stereocenters. The van der Waals surface area contributed by atoms with Crippen LogP contribution in [0.1, 0.15) is 6.92 Å². The molecular weight excluding hydrogens is 185 g/mol. The minimum Gasteiger partial charge on any atom is -0.494 e. The fourth-order valence-corrected chi connectivity index (χ4v) is 1.04. The van der Waals surface area contributed by atoms with Crippen LogP contribution in [-0.2, 0) is 0 Å². The molecule has 0 saturated carbocycles. The molecular formula is C10H14FNO2. The normalized spacial score (nSPS) is 12.3. The van der Waals surface area contributed by atoms with Crippen LogP contribution in [0, 0.1) is 5.82 Å². The number of benzene rings is 1. The van der Waals surface area contributed by atoms with Gasteiger partial charge in [0.25, 0.3) is 0 Å². The highest BCUT2D eigenvalue weighted by Gasteiger charge is 2.03. The van der Waals surface area contributed by atoms with Crippen molar-refractivity contribution < 1.29 is 14.2 Å².